The molecule has 0 saturated carbocycles. The van der Waals surface area contributed by atoms with E-state index in [9.17, 15) is 0 Å². The van der Waals surface area contributed by atoms with Crippen LogP contribution in [0.15, 0.2) is 30.0 Å². The minimum Gasteiger partial charge on any atom is -0.347 e. The average Bonchev–Trinajstić information content (AvgIpc) is 2.35. The molecule has 1 aromatic rings. The molecule has 1 aliphatic rings. The van der Waals surface area contributed by atoms with Gasteiger partial charge in [0, 0.05) is 23.8 Å². The summed E-state index contributed by atoms with van der Waals surface area (Å²) in [5.74, 6) is 0. The van der Waals surface area contributed by atoms with Crippen LogP contribution in [0.4, 0.5) is 5.69 Å². The molecule has 15 heavy (non-hydrogen) atoms. The molecule has 2 rings (SSSR count). The van der Waals surface area contributed by atoms with Gasteiger partial charge in [-0.2, -0.15) is 0 Å². The second-order valence-corrected chi connectivity index (χ2v) is 4.88. The van der Waals surface area contributed by atoms with E-state index in [1.807, 2.05) is 0 Å². The number of fused-ring (bicyclic) bond motifs is 1. The van der Waals surface area contributed by atoms with Crippen LogP contribution in [0.1, 0.15) is 31.9 Å². The van der Waals surface area contributed by atoms with Crippen molar-refractivity contribution in [1.29, 1.82) is 0 Å². The van der Waals surface area contributed by atoms with Crippen molar-refractivity contribution < 1.29 is 0 Å². The lowest BCUT2D eigenvalue weighted by molar-refractivity contribution is 0.638. The second-order valence-electron chi connectivity index (χ2n) is 4.88. The molecule has 0 aromatic heterocycles. The van der Waals surface area contributed by atoms with Crippen molar-refractivity contribution in [1.82, 2.24) is 0 Å². The first-order valence-corrected chi connectivity index (χ1v) is 5.50. The molecule has 0 radical (unpaired) electrons. The topological polar surface area (TPSA) is 3.24 Å². The van der Waals surface area contributed by atoms with Gasteiger partial charge in [-0.1, -0.05) is 37.6 Å². The fourth-order valence-electron chi connectivity index (χ4n) is 2.68. The highest BCUT2D eigenvalue weighted by Gasteiger charge is 2.37. The Morgan fingerprint density at radius 1 is 1.27 bits per heavy atom. The van der Waals surface area contributed by atoms with Gasteiger partial charge in [0.2, 0.25) is 0 Å². The van der Waals surface area contributed by atoms with Gasteiger partial charge < -0.3 is 4.90 Å². The van der Waals surface area contributed by atoms with Gasteiger partial charge >= 0.3 is 0 Å². The molecule has 0 bridgehead atoms. The zero-order valence-corrected chi connectivity index (χ0v) is 10.3. The summed E-state index contributed by atoms with van der Waals surface area (Å²) in [5, 5.41) is 0. The Bertz CT molecular complexity index is 427. The van der Waals surface area contributed by atoms with E-state index in [4.69, 9.17) is 0 Å². The van der Waals surface area contributed by atoms with Crippen molar-refractivity contribution in [3.8, 4) is 0 Å². The molecule has 0 saturated heterocycles. The Labute approximate surface area is 92.4 Å². The molecule has 0 unspecified atom stereocenters. The number of likely N-dealkylation sites (N-methyl/N-ethyl adjacent to an activating group) is 1. The molecule has 80 valence electrons. The van der Waals surface area contributed by atoms with Crippen LogP contribution in [0.25, 0.3) is 0 Å². The van der Waals surface area contributed by atoms with E-state index < -0.39 is 0 Å². The Morgan fingerprint density at radius 2 is 1.93 bits per heavy atom. The predicted octanol–water partition coefficient (Wildman–Crippen LogP) is 3.63. The standard InChI is InChI=1S/C14H19N/c1-6-13-14(3,4)11-9-10(2)7-8-12(11)15(13)5/h6-9H,1-5H3/b13-6+. The minimum atomic E-state index is 0.144. The van der Waals surface area contributed by atoms with Crippen LogP contribution in [0.3, 0.4) is 0 Å². The highest BCUT2D eigenvalue weighted by molar-refractivity contribution is 5.70. The zero-order valence-electron chi connectivity index (χ0n) is 10.3. The first kappa shape index (κ1) is 10.3. The lowest BCUT2D eigenvalue weighted by Crippen LogP contribution is -2.22. The molecule has 1 heteroatoms. The second kappa shape index (κ2) is 3.13. The number of allylic oxidation sites excluding steroid dienone is 2. The molecule has 0 atom stereocenters. The van der Waals surface area contributed by atoms with Crippen molar-refractivity contribution in [2.75, 3.05) is 11.9 Å². The highest BCUT2D eigenvalue weighted by Crippen LogP contribution is 2.46. The summed E-state index contributed by atoms with van der Waals surface area (Å²) in [6, 6.07) is 6.72. The fraction of sp³-hybridized carbons (Fsp3) is 0.429. The van der Waals surface area contributed by atoms with Crippen LogP contribution < -0.4 is 4.90 Å². The van der Waals surface area contributed by atoms with Crippen molar-refractivity contribution in [3.05, 3.63) is 41.1 Å². The van der Waals surface area contributed by atoms with E-state index in [1.54, 1.807) is 0 Å². The van der Waals surface area contributed by atoms with E-state index in [-0.39, 0.29) is 5.41 Å². The van der Waals surface area contributed by atoms with Crippen LogP contribution >= 0.6 is 0 Å². The quantitative estimate of drug-likeness (QED) is 0.619. The maximum atomic E-state index is 2.31. The molecular formula is C14H19N. The molecule has 1 aromatic carbocycles. The fourth-order valence-corrected chi connectivity index (χ4v) is 2.68. The lowest BCUT2D eigenvalue weighted by Gasteiger charge is -2.23. The summed E-state index contributed by atoms with van der Waals surface area (Å²) in [5.41, 5.74) is 5.66. The first-order valence-electron chi connectivity index (χ1n) is 5.50. The van der Waals surface area contributed by atoms with Crippen molar-refractivity contribution in [3.63, 3.8) is 0 Å². The summed E-state index contributed by atoms with van der Waals surface area (Å²) in [6.45, 7) is 8.87. The first-order chi connectivity index (χ1) is 6.98. The van der Waals surface area contributed by atoms with Gasteiger partial charge in [0.25, 0.3) is 0 Å². The van der Waals surface area contributed by atoms with Gasteiger partial charge in [0.05, 0.1) is 0 Å². The van der Waals surface area contributed by atoms with Gasteiger partial charge in [-0.05, 0) is 25.5 Å². The van der Waals surface area contributed by atoms with Crippen LogP contribution in [0.2, 0.25) is 0 Å². The molecule has 0 N–H and O–H groups in total. The highest BCUT2D eigenvalue weighted by atomic mass is 15.2. The summed E-state index contributed by atoms with van der Waals surface area (Å²) in [7, 11) is 2.15. The normalized spacial score (nSPS) is 20.9. The van der Waals surface area contributed by atoms with Gasteiger partial charge in [0.1, 0.15) is 0 Å². The third-order valence-electron chi connectivity index (χ3n) is 3.46. The zero-order chi connectivity index (χ0) is 11.2. The molecular weight excluding hydrogens is 182 g/mol. The summed E-state index contributed by atoms with van der Waals surface area (Å²) in [4.78, 5) is 2.30. The third-order valence-corrected chi connectivity index (χ3v) is 3.46. The number of anilines is 1. The van der Waals surface area contributed by atoms with E-state index in [2.05, 4.69) is 63.9 Å². The maximum absolute atomic E-state index is 2.31. The van der Waals surface area contributed by atoms with E-state index >= 15 is 0 Å². The summed E-state index contributed by atoms with van der Waals surface area (Å²) >= 11 is 0. The van der Waals surface area contributed by atoms with E-state index in [1.165, 1.54) is 22.5 Å². The smallest absolute Gasteiger partial charge is 0.0448 e. The van der Waals surface area contributed by atoms with Crippen molar-refractivity contribution in [2.45, 2.75) is 33.1 Å². The number of rotatable bonds is 0. The van der Waals surface area contributed by atoms with Crippen molar-refractivity contribution >= 4 is 5.69 Å². The molecule has 1 nitrogen and oxygen atoms in total. The SMILES string of the molecule is C/C=C1/N(C)c2ccc(C)cc2C1(C)C. The Morgan fingerprint density at radius 3 is 2.53 bits per heavy atom. The molecule has 0 spiro atoms. The van der Waals surface area contributed by atoms with Crippen LogP contribution in [-0.4, -0.2) is 7.05 Å². The molecule has 0 fully saturated rings. The maximum Gasteiger partial charge on any atom is 0.0448 e. The number of hydrogen-bond acceptors (Lipinski definition) is 1. The van der Waals surface area contributed by atoms with Gasteiger partial charge in [-0.15, -0.1) is 0 Å². The molecule has 1 aliphatic heterocycles. The summed E-state index contributed by atoms with van der Waals surface area (Å²) in [6.07, 6.45) is 2.22. The number of benzene rings is 1. The van der Waals surface area contributed by atoms with Gasteiger partial charge in [-0.3, -0.25) is 0 Å². The van der Waals surface area contributed by atoms with Gasteiger partial charge in [-0.25, -0.2) is 0 Å². The Balaban J connectivity index is 2.69. The molecule has 0 amide bonds. The van der Waals surface area contributed by atoms with E-state index in [0.29, 0.717) is 0 Å². The lowest BCUT2D eigenvalue weighted by atomic mass is 9.83. The van der Waals surface area contributed by atoms with Crippen molar-refractivity contribution in [2.24, 2.45) is 0 Å². The molecule has 1 heterocycles. The number of nitrogens with zero attached hydrogens (tertiary/aromatic N) is 1. The Kier molecular flexibility index (Phi) is 2.14. The predicted molar refractivity (Wildman–Crippen MR) is 66.4 cm³/mol. The minimum absolute atomic E-state index is 0.144. The van der Waals surface area contributed by atoms with E-state index in [0.717, 1.165) is 0 Å². The molecule has 0 aliphatic carbocycles. The number of hydrogen-bond donors (Lipinski definition) is 0. The largest absolute Gasteiger partial charge is 0.347 e. The van der Waals surface area contributed by atoms with Crippen LogP contribution in [0, 0.1) is 6.92 Å². The Hall–Kier alpha value is -1.24. The van der Waals surface area contributed by atoms with Crippen LogP contribution in [-0.2, 0) is 5.41 Å². The average molecular weight is 201 g/mol. The number of aryl methyl sites for hydroxylation is 1. The van der Waals surface area contributed by atoms with Gasteiger partial charge in [0.15, 0.2) is 0 Å². The third kappa shape index (κ3) is 1.30. The monoisotopic (exact) mass is 201 g/mol. The van der Waals surface area contributed by atoms with Crippen LogP contribution in [0.5, 0.6) is 0 Å². The summed E-state index contributed by atoms with van der Waals surface area (Å²) < 4.78 is 0.